The fourth-order valence-corrected chi connectivity index (χ4v) is 3.40. The van der Waals surface area contributed by atoms with Crippen molar-refractivity contribution in [3.8, 4) is 34.3 Å². The number of methoxy groups -OCH3 is 2. The molecule has 0 unspecified atom stereocenters. The maximum absolute atomic E-state index is 9.87. The van der Waals surface area contributed by atoms with E-state index in [-0.39, 0.29) is 28.5 Å². The van der Waals surface area contributed by atoms with Crippen molar-refractivity contribution in [3.05, 3.63) is 42.1 Å². The van der Waals surface area contributed by atoms with Crippen molar-refractivity contribution in [2.75, 3.05) is 14.2 Å². The minimum Gasteiger partial charge on any atom is -0.504 e. The van der Waals surface area contributed by atoms with Crippen molar-refractivity contribution < 1.29 is 24.3 Å². The van der Waals surface area contributed by atoms with Crippen molar-refractivity contribution in [2.24, 2.45) is 0 Å². The van der Waals surface area contributed by atoms with Crippen LogP contribution in [0.1, 0.15) is 5.56 Å². The Labute approximate surface area is 155 Å². The standard InChI is InChI=1S/C19H17NO4.BrH/c1-23-18-4-3-11-7-15-13-9-17(22)16(21)8-12(13)5-6-20(15)10-14(11)19(18)24-2;/h3-4,7-10,22H,5-6H2,1-2H3;1H/p+1. The summed E-state index contributed by atoms with van der Waals surface area (Å²) in [4.78, 5) is 0. The zero-order chi connectivity index (χ0) is 16.8. The lowest BCUT2D eigenvalue weighted by Gasteiger charge is -2.17. The van der Waals surface area contributed by atoms with E-state index in [1.165, 1.54) is 0 Å². The summed E-state index contributed by atoms with van der Waals surface area (Å²) in [6, 6.07) is 9.23. The number of nitrogens with zero attached hydrogens (tertiary/aromatic N) is 1. The van der Waals surface area contributed by atoms with E-state index in [9.17, 15) is 10.2 Å². The molecule has 0 aliphatic carbocycles. The van der Waals surface area contributed by atoms with Gasteiger partial charge in [-0.25, -0.2) is 0 Å². The quantitative estimate of drug-likeness (QED) is 0.507. The van der Waals surface area contributed by atoms with Gasteiger partial charge in [0, 0.05) is 12.5 Å². The first-order chi connectivity index (χ1) is 11.6. The first kappa shape index (κ1) is 17.4. The Balaban J connectivity index is 0.00000182. The van der Waals surface area contributed by atoms with E-state index in [0.29, 0.717) is 11.5 Å². The number of pyridine rings is 1. The lowest BCUT2D eigenvalue weighted by molar-refractivity contribution is -0.686. The smallest absolute Gasteiger partial charge is 0.213 e. The number of benzene rings is 2. The van der Waals surface area contributed by atoms with E-state index in [2.05, 4.69) is 16.8 Å². The van der Waals surface area contributed by atoms with Crippen LogP contribution in [0.3, 0.4) is 0 Å². The molecule has 25 heavy (non-hydrogen) atoms. The molecule has 0 radical (unpaired) electrons. The Hall–Kier alpha value is -2.47. The number of rotatable bonds is 2. The molecule has 5 nitrogen and oxygen atoms in total. The Kier molecular flexibility index (Phi) is 4.47. The topological polar surface area (TPSA) is 62.8 Å². The highest BCUT2D eigenvalue weighted by molar-refractivity contribution is 8.93. The highest BCUT2D eigenvalue weighted by Gasteiger charge is 2.26. The molecule has 0 saturated carbocycles. The molecule has 0 amide bonds. The fraction of sp³-hybridized carbons (Fsp3) is 0.211. The van der Waals surface area contributed by atoms with Gasteiger partial charge in [0.05, 0.1) is 25.2 Å². The molecule has 0 saturated heterocycles. The second-order valence-electron chi connectivity index (χ2n) is 5.90. The van der Waals surface area contributed by atoms with Crippen molar-refractivity contribution in [2.45, 2.75) is 13.0 Å². The average Bonchev–Trinajstić information content (AvgIpc) is 2.60. The lowest BCUT2D eigenvalue weighted by Crippen LogP contribution is -2.40. The van der Waals surface area contributed by atoms with E-state index < -0.39 is 0 Å². The number of hydrogen-bond donors (Lipinski definition) is 2. The Bertz CT molecular complexity index is 972. The summed E-state index contributed by atoms with van der Waals surface area (Å²) in [5.74, 6) is 1.23. The summed E-state index contributed by atoms with van der Waals surface area (Å²) >= 11 is 0. The number of halogens is 1. The molecule has 4 rings (SSSR count). The number of phenolic OH excluding ortho intramolecular Hbond substituents is 2. The Morgan fingerprint density at radius 1 is 1.00 bits per heavy atom. The number of phenols is 2. The van der Waals surface area contributed by atoms with Gasteiger partial charge >= 0.3 is 0 Å². The highest BCUT2D eigenvalue weighted by Crippen LogP contribution is 2.39. The molecule has 3 aromatic rings. The predicted molar refractivity (Wildman–Crippen MR) is 100 cm³/mol. The molecule has 2 N–H and O–H groups in total. The zero-order valence-electron chi connectivity index (χ0n) is 13.9. The normalized spacial score (nSPS) is 12.1. The van der Waals surface area contributed by atoms with Gasteiger partial charge < -0.3 is 19.7 Å². The van der Waals surface area contributed by atoms with E-state index >= 15 is 0 Å². The molecule has 0 atom stereocenters. The van der Waals surface area contributed by atoms with Crippen LogP contribution in [0.15, 0.2) is 36.5 Å². The van der Waals surface area contributed by atoms with E-state index in [1.54, 1.807) is 26.4 Å². The molecule has 1 aliphatic heterocycles. The third-order valence-corrected chi connectivity index (χ3v) is 4.60. The van der Waals surface area contributed by atoms with Gasteiger partial charge in [0.15, 0.2) is 35.7 Å². The summed E-state index contributed by atoms with van der Waals surface area (Å²) in [5.41, 5.74) is 2.98. The summed E-state index contributed by atoms with van der Waals surface area (Å²) in [6.45, 7) is 0.794. The Morgan fingerprint density at radius 3 is 2.48 bits per heavy atom. The van der Waals surface area contributed by atoms with Crippen LogP contribution in [0, 0.1) is 0 Å². The van der Waals surface area contributed by atoms with Crippen LogP contribution < -0.4 is 14.0 Å². The summed E-state index contributed by atoms with van der Waals surface area (Å²) in [6.07, 6.45) is 2.84. The Morgan fingerprint density at radius 2 is 1.76 bits per heavy atom. The van der Waals surface area contributed by atoms with Crippen LogP contribution in [-0.4, -0.2) is 24.4 Å². The fourth-order valence-electron chi connectivity index (χ4n) is 3.40. The van der Waals surface area contributed by atoms with E-state index in [1.807, 2.05) is 12.1 Å². The van der Waals surface area contributed by atoms with Crippen molar-refractivity contribution in [1.29, 1.82) is 0 Å². The van der Waals surface area contributed by atoms with Crippen molar-refractivity contribution in [3.63, 3.8) is 0 Å². The molecule has 1 aromatic heterocycles. The molecule has 1 aliphatic rings. The largest absolute Gasteiger partial charge is 0.504 e. The minimum absolute atomic E-state index is 0. The van der Waals surface area contributed by atoms with Gasteiger partial charge in [0.2, 0.25) is 5.69 Å². The van der Waals surface area contributed by atoms with Gasteiger partial charge in [-0.1, -0.05) is 0 Å². The average molecular weight is 405 g/mol. The highest BCUT2D eigenvalue weighted by atomic mass is 79.9. The number of ether oxygens (including phenoxy) is 2. The monoisotopic (exact) mass is 404 g/mol. The SMILES string of the molecule is Br.COc1ccc2cc3[n+](cc2c1OC)CCc1cc(O)c(O)cc1-3. The molecule has 6 heteroatoms. The number of aromatic hydroxyl groups is 2. The number of fused-ring (bicyclic) bond motifs is 4. The molecular weight excluding hydrogens is 386 g/mol. The van der Waals surface area contributed by atoms with Crippen LogP contribution in [0.4, 0.5) is 0 Å². The lowest BCUT2D eigenvalue weighted by atomic mass is 9.95. The third kappa shape index (κ3) is 2.66. The van der Waals surface area contributed by atoms with Gasteiger partial charge in [-0.05, 0) is 35.2 Å². The minimum atomic E-state index is -0.102. The van der Waals surface area contributed by atoms with Crippen LogP contribution in [-0.2, 0) is 13.0 Å². The summed E-state index contributed by atoms with van der Waals surface area (Å²) in [5, 5.41) is 21.6. The van der Waals surface area contributed by atoms with Gasteiger partial charge in [0.25, 0.3) is 0 Å². The first-order valence-corrected chi connectivity index (χ1v) is 7.75. The van der Waals surface area contributed by atoms with Gasteiger partial charge in [0.1, 0.15) is 0 Å². The van der Waals surface area contributed by atoms with Crippen molar-refractivity contribution >= 4 is 27.8 Å². The van der Waals surface area contributed by atoms with Crippen LogP contribution >= 0.6 is 17.0 Å². The van der Waals surface area contributed by atoms with E-state index in [4.69, 9.17) is 9.47 Å². The predicted octanol–water partition coefficient (Wildman–Crippen LogP) is 3.36. The van der Waals surface area contributed by atoms with Gasteiger partial charge in [-0.2, -0.15) is 4.57 Å². The van der Waals surface area contributed by atoms with E-state index in [0.717, 1.165) is 40.6 Å². The second kappa shape index (κ2) is 6.44. The maximum atomic E-state index is 9.87. The molecule has 0 bridgehead atoms. The number of hydrogen-bond acceptors (Lipinski definition) is 4. The molecular formula is C19H19BrNO4+. The van der Waals surface area contributed by atoms with Crippen LogP contribution in [0.25, 0.3) is 22.0 Å². The molecule has 130 valence electrons. The number of aromatic nitrogens is 1. The summed E-state index contributed by atoms with van der Waals surface area (Å²) < 4.78 is 13.1. The molecule has 2 aromatic carbocycles. The van der Waals surface area contributed by atoms with Crippen LogP contribution in [0.5, 0.6) is 23.0 Å². The third-order valence-electron chi connectivity index (χ3n) is 4.60. The zero-order valence-corrected chi connectivity index (χ0v) is 15.7. The molecule has 0 spiro atoms. The summed E-state index contributed by atoms with van der Waals surface area (Å²) in [7, 11) is 3.26. The van der Waals surface area contributed by atoms with Gasteiger partial charge in [-0.15, -0.1) is 17.0 Å². The maximum Gasteiger partial charge on any atom is 0.213 e. The molecule has 2 heterocycles. The van der Waals surface area contributed by atoms with Crippen LogP contribution in [0.2, 0.25) is 0 Å². The van der Waals surface area contributed by atoms with Crippen molar-refractivity contribution in [1.82, 2.24) is 0 Å². The van der Waals surface area contributed by atoms with Gasteiger partial charge in [-0.3, -0.25) is 0 Å². The second-order valence-corrected chi connectivity index (χ2v) is 5.90. The number of aryl methyl sites for hydroxylation is 2. The molecule has 0 fully saturated rings. The first-order valence-electron chi connectivity index (χ1n) is 7.75.